The van der Waals surface area contributed by atoms with Gasteiger partial charge in [-0.1, -0.05) is 26.3 Å². The van der Waals surface area contributed by atoms with Crippen molar-refractivity contribution >= 4 is 23.9 Å². The van der Waals surface area contributed by atoms with Crippen LogP contribution in [0, 0.1) is 100.0 Å². The predicted octanol–water partition coefficient (Wildman–Crippen LogP) is 11.6. The van der Waals surface area contributed by atoms with E-state index in [4.69, 9.17) is 5.11 Å². The number of rotatable bonds is 28. The lowest BCUT2D eigenvalue weighted by atomic mass is 9.99. The second-order valence-electron chi connectivity index (χ2n) is 15.9. The van der Waals surface area contributed by atoms with Crippen LogP contribution in [-0.2, 0) is 38.1 Å². The predicted molar refractivity (Wildman–Crippen MR) is 248 cm³/mol. The molecule has 0 aromatic heterocycles. The van der Waals surface area contributed by atoms with Crippen molar-refractivity contribution in [2.45, 2.75) is 30.6 Å². The fraction of sp³-hybridized carbons (Fsp3) is 0.294. The van der Waals surface area contributed by atoms with E-state index in [1.165, 1.54) is 0 Å². The minimum atomic E-state index is -6.88. The highest BCUT2D eigenvalue weighted by molar-refractivity contribution is 5.82. The number of aliphatic hydroxyl groups is 1. The summed E-state index contributed by atoms with van der Waals surface area (Å²) in [5.41, 5.74) is -5.56. The Morgan fingerprint density at radius 2 is 0.562 bits per heavy atom. The van der Waals surface area contributed by atoms with Crippen LogP contribution in [0.1, 0.15) is 5.56 Å². The molecular weight excluding hydrogens is 1290 g/mol. The van der Waals surface area contributed by atoms with Crippen molar-refractivity contribution in [3.05, 3.63) is 149 Å². The van der Waals surface area contributed by atoms with Gasteiger partial charge in [0.1, 0.15) is 59.5 Å². The van der Waals surface area contributed by atoms with Crippen LogP contribution >= 0.6 is 0 Å². The highest BCUT2D eigenvalue weighted by Gasteiger charge is 2.80. The fourth-order valence-corrected chi connectivity index (χ4v) is 5.80. The molecule has 0 bridgehead atoms. The van der Waals surface area contributed by atoms with E-state index in [1.54, 1.807) is 0 Å². The van der Waals surface area contributed by atoms with E-state index in [9.17, 15) is 125 Å². The van der Waals surface area contributed by atoms with Crippen molar-refractivity contribution in [2.24, 2.45) is 0 Å². The molecule has 0 radical (unpaired) electrons. The third-order valence-electron chi connectivity index (χ3n) is 10.2. The van der Waals surface area contributed by atoms with Gasteiger partial charge in [-0.15, -0.1) is 0 Å². The summed E-state index contributed by atoms with van der Waals surface area (Å²) in [7, 11) is 0. The van der Waals surface area contributed by atoms with E-state index in [0.29, 0.717) is 6.92 Å². The number of hydrogen-bond acceptors (Lipinski definition) is 14. The minimum absolute atomic E-state index is 0.431. The second-order valence-corrected chi connectivity index (χ2v) is 15.9. The zero-order valence-electron chi connectivity index (χ0n) is 44.0. The number of esters is 4. The van der Waals surface area contributed by atoms with Gasteiger partial charge in [-0.2, -0.15) is 74.6 Å². The molecule has 0 saturated heterocycles. The maximum absolute atomic E-state index is 14.5. The molecule has 4 aromatic carbocycles. The molecule has 0 fully saturated rings. The van der Waals surface area contributed by atoms with Crippen LogP contribution in [-0.4, -0.2) is 119 Å². The molecule has 0 amide bonds. The number of halogens is 24. The maximum Gasteiger partial charge on any atom is 0.381 e. The van der Waals surface area contributed by atoms with Crippen LogP contribution in [0.2, 0.25) is 0 Å². The normalized spacial score (nSPS) is 11.4. The molecule has 0 aliphatic heterocycles. The highest BCUT2D eigenvalue weighted by Crippen LogP contribution is 2.53. The third-order valence-corrected chi connectivity index (χ3v) is 10.2. The topological polar surface area (TPSA) is 172 Å². The highest BCUT2D eigenvalue weighted by atomic mass is 19.4. The molecule has 1 N–H and O–H groups in total. The summed E-state index contributed by atoms with van der Waals surface area (Å²) in [6.07, 6.45) is 3.17. The quantitative estimate of drug-likeness (QED) is 0.0108. The molecule has 0 aliphatic carbocycles. The second kappa shape index (κ2) is 32.3. The smallest absolute Gasteiger partial charge is 0.381 e. The molecule has 0 heterocycles. The molecule has 0 unspecified atom stereocenters. The first-order chi connectivity index (χ1) is 41.3. The summed E-state index contributed by atoms with van der Waals surface area (Å²) in [6.45, 7) is 2.02. The van der Waals surface area contributed by atoms with Gasteiger partial charge in [0.15, 0.2) is 76.1 Å². The van der Waals surface area contributed by atoms with Crippen molar-refractivity contribution in [1.29, 1.82) is 0 Å². The Balaban J connectivity index is 0.000000464. The Labute approximate surface area is 481 Å². The first-order valence-corrected chi connectivity index (χ1v) is 23.1. The number of hydrogen-bond donors (Lipinski definition) is 1. The largest absolute Gasteiger partial charge is 0.484 e. The molecule has 0 spiro atoms. The van der Waals surface area contributed by atoms with Gasteiger partial charge in [-0.3, -0.25) is 0 Å². The van der Waals surface area contributed by atoms with Crippen LogP contribution in [0.15, 0.2) is 50.6 Å². The summed E-state index contributed by atoms with van der Waals surface area (Å²) in [6, 6.07) is 0. The van der Waals surface area contributed by atoms with E-state index in [2.05, 4.69) is 68.9 Å². The lowest BCUT2D eigenvalue weighted by Crippen LogP contribution is -2.64. The van der Waals surface area contributed by atoms with Gasteiger partial charge in [-0.05, 0) is 6.92 Å². The summed E-state index contributed by atoms with van der Waals surface area (Å²) in [5.74, 6) is -73.3. The van der Waals surface area contributed by atoms with Crippen LogP contribution in [0.4, 0.5) is 105 Å². The molecule has 38 heteroatoms. The SMILES string of the molecule is C=CC(=O)OCCOc1c(F)c(F)c(-c2c(F)c(F)c(OCCOC(=O)C=C)c(F)c2F)c(F)c1F.C=CC(=O)OCCOc1c(F)c(F)c(OCCOC(=O)C=C)c(F)c1F.Cc1c(F)c(F)c(F)c(OCC(F)(F)C(F)(F)C(F)(F)C(F)(F)CO)c1F. The summed E-state index contributed by atoms with van der Waals surface area (Å²) < 4.78 is 368. The summed E-state index contributed by atoms with van der Waals surface area (Å²) >= 11 is 0. The van der Waals surface area contributed by atoms with Crippen LogP contribution in [0.5, 0.6) is 28.7 Å². The minimum Gasteiger partial charge on any atom is -0.484 e. The lowest BCUT2D eigenvalue weighted by Gasteiger charge is -2.35. The summed E-state index contributed by atoms with van der Waals surface area (Å²) in [4.78, 5) is 43.3. The third kappa shape index (κ3) is 17.6. The molecule has 0 aliphatic rings. The molecule has 89 heavy (non-hydrogen) atoms. The number of carbonyl (C=O) groups excluding carboxylic acids is 4. The first-order valence-electron chi connectivity index (χ1n) is 23.1. The maximum atomic E-state index is 14.5. The molecule has 492 valence electrons. The van der Waals surface area contributed by atoms with E-state index in [-0.39, 0.29) is 0 Å². The van der Waals surface area contributed by atoms with E-state index >= 15 is 0 Å². The van der Waals surface area contributed by atoms with Crippen molar-refractivity contribution in [3.8, 4) is 39.9 Å². The van der Waals surface area contributed by atoms with E-state index < -0.39 is 252 Å². The van der Waals surface area contributed by atoms with Crippen molar-refractivity contribution in [2.75, 3.05) is 66.1 Å². The Bertz CT molecular complexity index is 3030. The van der Waals surface area contributed by atoms with Crippen molar-refractivity contribution in [1.82, 2.24) is 0 Å². The molecule has 4 rings (SSSR count). The molecule has 4 aromatic rings. The fourth-order valence-electron chi connectivity index (χ4n) is 5.80. The number of carbonyl (C=O) groups is 4. The number of benzene rings is 4. The van der Waals surface area contributed by atoms with E-state index in [1.807, 2.05) is 0 Å². The lowest BCUT2D eigenvalue weighted by molar-refractivity contribution is -0.372. The summed E-state index contributed by atoms with van der Waals surface area (Å²) in [5, 5.41) is 8.01. The van der Waals surface area contributed by atoms with Gasteiger partial charge in [0, 0.05) is 29.9 Å². The number of aliphatic hydroxyl groups excluding tert-OH is 1. The Morgan fingerprint density at radius 1 is 0.337 bits per heavy atom. The molecule has 0 atom stereocenters. The first kappa shape index (κ1) is 76.1. The Morgan fingerprint density at radius 3 is 0.809 bits per heavy atom. The Kier molecular flexibility index (Phi) is 27.6. The average Bonchev–Trinajstić information content (AvgIpc) is 0.770. The van der Waals surface area contributed by atoms with Crippen LogP contribution < -0.4 is 23.7 Å². The van der Waals surface area contributed by atoms with Gasteiger partial charge in [0.2, 0.25) is 52.4 Å². The van der Waals surface area contributed by atoms with Crippen LogP contribution in [0.3, 0.4) is 0 Å². The molecule has 14 nitrogen and oxygen atoms in total. The monoisotopic (exact) mass is 1330 g/mol. The van der Waals surface area contributed by atoms with Crippen molar-refractivity contribution < 1.29 is 172 Å². The average molecular weight is 1330 g/mol. The van der Waals surface area contributed by atoms with Crippen molar-refractivity contribution in [3.63, 3.8) is 0 Å². The standard InChI is InChI=1S/C22H14F8O6.C16H14F4O6.C13H8F12O2/c1-3-9(31)33-5-7-35-21-17(27)13(23)11(14(24)18(21)28)12-15(25)19(29)22(20(30)16(12)26)36-8-6-34-10(32)4-2;1-3-9(21)23-5-7-25-15-11(17)13(19)16(14(20)12(15)18)26-8-6-24-10(22)4-2;1-4-5(14)7(16)8(17)9(6(4)15)27-3-11(20,21)13(24,25)12(22,23)10(18,19)2-26/h3-4H,1-2,5-8H2;3-4H,1-2,5-8H2;26H,2-3H2,1H3. The zero-order valence-corrected chi connectivity index (χ0v) is 44.0. The van der Waals surface area contributed by atoms with E-state index in [0.717, 1.165) is 24.3 Å². The number of ether oxygens (including phenoxy) is 9. The van der Waals surface area contributed by atoms with Gasteiger partial charge in [0.05, 0.1) is 11.1 Å². The van der Waals surface area contributed by atoms with Gasteiger partial charge >= 0.3 is 47.6 Å². The zero-order chi connectivity index (χ0) is 68.4. The van der Waals surface area contributed by atoms with Crippen LogP contribution in [0.25, 0.3) is 11.1 Å². The Hall–Kier alpha value is -9.00. The van der Waals surface area contributed by atoms with Gasteiger partial charge < -0.3 is 47.7 Å². The van der Waals surface area contributed by atoms with Gasteiger partial charge in [-0.25, -0.2) is 49.9 Å². The number of alkyl halides is 8. The molecule has 0 saturated carbocycles. The van der Waals surface area contributed by atoms with Gasteiger partial charge in [0.25, 0.3) is 0 Å². The molecular formula is C51H36F24O14.